The van der Waals surface area contributed by atoms with Crippen molar-refractivity contribution in [1.82, 2.24) is 0 Å². The molecule has 7 aliphatic rings. The first kappa shape index (κ1) is 17.8. The van der Waals surface area contributed by atoms with E-state index in [-0.39, 0.29) is 35.5 Å². The largest absolute Gasteiger partial charge is 0.274 e. The number of nitrogens with zero attached hydrogens (tertiary/aromatic N) is 1. The molecule has 0 aromatic heterocycles. The molecular formula is C29H27NO2. The SMILES string of the molecule is O=C1C2C3C=CC(C3=C3C4CC5CC(C4)CC3C5)C2C(=O)N1c1cccc2ccccc12. The second-order valence-corrected chi connectivity index (χ2v) is 11.2. The summed E-state index contributed by atoms with van der Waals surface area (Å²) in [6, 6.07) is 14.0. The molecule has 3 heteroatoms. The summed E-state index contributed by atoms with van der Waals surface area (Å²) in [5.74, 6) is 3.26. The maximum absolute atomic E-state index is 13.8. The Hall–Kier alpha value is -2.68. The lowest BCUT2D eigenvalue weighted by atomic mass is 9.53. The van der Waals surface area contributed by atoms with Crippen LogP contribution in [0.5, 0.6) is 0 Å². The minimum absolute atomic E-state index is 0.0233. The van der Waals surface area contributed by atoms with Crippen molar-refractivity contribution in [3.05, 3.63) is 65.8 Å². The summed E-state index contributed by atoms with van der Waals surface area (Å²) in [5.41, 5.74) is 3.97. The van der Waals surface area contributed by atoms with Crippen molar-refractivity contribution in [2.75, 3.05) is 4.90 Å². The minimum Gasteiger partial charge on any atom is -0.274 e. The number of imide groups is 1. The predicted octanol–water partition coefficient (Wildman–Crippen LogP) is 5.51. The zero-order valence-electron chi connectivity index (χ0n) is 18.1. The molecule has 160 valence electrons. The van der Waals surface area contributed by atoms with Gasteiger partial charge in [-0.3, -0.25) is 9.59 Å². The van der Waals surface area contributed by atoms with Crippen LogP contribution < -0.4 is 4.90 Å². The molecule has 32 heavy (non-hydrogen) atoms. The minimum atomic E-state index is -0.198. The van der Waals surface area contributed by atoms with Gasteiger partial charge in [-0.2, -0.15) is 0 Å². The van der Waals surface area contributed by atoms with Crippen LogP contribution in [0.25, 0.3) is 10.8 Å². The fourth-order valence-electron chi connectivity index (χ4n) is 8.95. The van der Waals surface area contributed by atoms with E-state index in [1.165, 1.54) is 42.6 Å². The summed E-state index contributed by atoms with van der Waals surface area (Å²) in [6.45, 7) is 0. The lowest BCUT2D eigenvalue weighted by Crippen LogP contribution is -2.41. The van der Waals surface area contributed by atoms with Crippen LogP contribution in [-0.4, -0.2) is 11.8 Å². The Morgan fingerprint density at radius 1 is 0.656 bits per heavy atom. The van der Waals surface area contributed by atoms with Crippen LogP contribution in [0.3, 0.4) is 0 Å². The van der Waals surface area contributed by atoms with Crippen molar-refractivity contribution >= 4 is 28.3 Å². The fourth-order valence-corrected chi connectivity index (χ4v) is 8.95. The Kier molecular flexibility index (Phi) is 3.35. The molecule has 6 fully saturated rings. The second-order valence-electron chi connectivity index (χ2n) is 11.2. The molecule has 1 heterocycles. The highest BCUT2D eigenvalue weighted by atomic mass is 16.2. The molecule has 1 saturated heterocycles. The quantitative estimate of drug-likeness (QED) is 0.449. The molecule has 0 radical (unpaired) electrons. The van der Waals surface area contributed by atoms with Crippen molar-refractivity contribution < 1.29 is 9.59 Å². The number of hydrogen-bond acceptors (Lipinski definition) is 2. The summed E-state index contributed by atoms with van der Waals surface area (Å²) < 4.78 is 0. The number of fused-ring (bicyclic) bond motifs is 6. The van der Waals surface area contributed by atoms with Crippen LogP contribution in [0.1, 0.15) is 32.1 Å². The Morgan fingerprint density at radius 3 is 1.91 bits per heavy atom. The number of anilines is 1. The van der Waals surface area contributed by atoms with Crippen LogP contribution in [0.2, 0.25) is 0 Å². The molecule has 4 unspecified atom stereocenters. The van der Waals surface area contributed by atoms with E-state index in [0.29, 0.717) is 0 Å². The first-order chi connectivity index (χ1) is 15.7. The molecule has 4 atom stereocenters. The van der Waals surface area contributed by atoms with Crippen LogP contribution in [-0.2, 0) is 9.59 Å². The first-order valence-corrected chi connectivity index (χ1v) is 12.5. The van der Waals surface area contributed by atoms with E-state index in [4.69, 9.17) is 0 Å². The van der Waals surface area contributed by atoms with Crippen molar-refractivity contribution in [2.45, 2.75) is 32.1 Å². The first-order valence-electron chi connectivity index (χ1n) is 12.5. The van der Waals surface area contributed by atoms with E-state index in [2.05, 4.69) is 12.2 Å². The Bertz CT molecular complexity index is 1200. The number of rotatable bonds is 1. The van der Waals surface area contributed by atoms with Gasteiger partial charge in [0.15, 0.2) is 0 Å². The molecule has 2 aromatic carbocycles. The van der Waals surface area contributed by atoms with Gasteiger partial charge in [-0.05, 0) is 67.2 Å². The van der Waals surface area contributed by atoms with Crippen molar-refractivity contribution in [1.29, 1.82) is 0 Å². The third-order valence-corrected chi connectivity index (χ3v) is 9.77. The number of amides is 2. The molecule has 6 aliphatic carbocycles. The highest BCUT2D eigenvalue weighted by molar-refractivity contribution is 6.26. The summed E-state index contributed by atoms with van der Waals surface area (Å²) >= 11 is 0. The van der Waals surface area contributed by atoms with Gasteiger partial charge in [0, 0.05) is 17.2 Å². The highest BCUT2D eigenvalue weighted by Gasteiger charge is 2.63. The third kappa shape index (κ3) is 2.08. The average molecular weight is 422 g/mol. The molecule has 6 bridgehead atoms. The van der Waals surface area contributed by atoms with Crippen molar-refractivity contribution in [3.63, 3.8) is 0 Å². The van der Waals surface area contributed by atoms with Gasteiger partial charge in [0.05, 0.1) is 17.5 Å². The topological polar surface area (TPSA) is 37.4 Å². The predicted molar refractivity (Wildman–Crippen MR) is 124 cm³/mol. The van der Waals surface area contributed by atoms with Crippen LogP contribution >= 0.6 is 0 Å². The smallest absolute Gasteiger partial charge is 0.238 e. The number of hydrogen-bond donors (Lipinski definition) is 0. The maximum Gasteiger partial charge on any atom is 0.238 e. The summed E-state index contributed by atoms with van der Waals surface area (Å²) in [4.78, 5) is 29.2. The van der Waals surface area contributed by atoms with Crippen molar-refractivity contribution in [2.24, 2.45) is 47.3 Å². The monoisotopic (exact) mass is 421 g/mol. The van der Waals surface area contributed by atoms with E-state index in [1.807, 2.05) is 42.5 Å². The van der Waals surface area contributed by atoms with Crippen LogP contribution in [0, 0.1) is 47.3 Å². The number of carbonyl (C=O) groups is 2. The van der Waals surface area contributed by atoms with Gasteiger partial charge in [0.25, 0.3) is 0 Å². The van der Waals surface area contributed by atoms with Gasteiger partial charge >= 0.3 is 0 Å². The molecule has 1 aliphatic heterocycles. The zero-order chi connectivity index (χ0) is 21.1. The molecule has 2 amide bonds. The van der Waals surface area contributed by atoms with Gasteiger partial charge < -0.3 is 0 Å². The zero-order valence-corrected chi connectivity index (χ0v) is 18.1. The summed E-state index contributed by atoms with van der Waals surface area (Å²) in [5, 5.41) is 2.05. The normalized spacial score (nSPS) is 40.9. The van der Waals surface area contributed by atoms with Gasteiger partial charge in [-0.1, -0.05) is 59.7 Å². The maximum atomic E-state index is 13.8. The Labute approximate surface area is 188 Å². The Balaban J connectivity index is 1.22. The van der Waals surface area contributed by atoms with E-state index < -0.39 is 0 Å². The lowest BCUT2D eigenvalue weighted by molar-refractivity contribution is -0.122. The van der Waals surface area contributed by atoms with E-state index in [1.54, 1.807) is 5.57 Å². The van der Waals surface area contributed by atoms with Gasteiger partial charge in [-0.25, -0.2) is 4.90 Å². The third-order valence-electron chi connectivity index (χ3n) is 9.77. The van der Waals surface area contributed by atoms with Crippen LogP contribution in [0.4, 0.5) is 5.69 Å². The van der Waals surface area contributed by atoms with Gasteiger partial charge in [0.2, 0.25) is 11.8 Å². The lowest BCUT2D eigenvalue weighted by Gasteiger charge is -2.52. The standard InChI is InChI=1S/C29H27NO2/c31-28-26-21-8-9-22(25(21)24-18-11-15-10-16(13-18)14-19(24)12-15)27(26)29(32)30(28)23-7-3-5-17-4-1-2-6-20(17)23/h1-9,15-16,18-19,21-22,26-27H,10-14H2. The summed E-state index contributed by atoms with van der Waals surface area (Å²) in [7, 11) is 0. The van der Waals surface area contributed by atoms with Gasteiger partial charge in [0.1, 0.15) is 0 Å². The van der Waals surface area contributed by atoms with Gasteiger partial charge in [-0.15, -0.1) is 0 Å². The average Bonchev–Trinajstić information content (AvgIpc) is 3.42. The number of benzene rings is 2. The molecule has 0 spiro atoms. The molecule has 2 aromatic rings. The van der Waals surface area contributed by atoms with E-state index in [0.717, 1.165) is 40.1 Å². The van der Waals surface area contributed by atoms with E-state index >= 15 is 0 Å². The second kappa shape index (κ2) is 6.01. The fraction of sp³-hybridized carbons (Fsp3) is 0.448. The number of carbonyl (C=O) groups excluding carboxylic acids is 2. The molecule has 3 nitrogen and oxygen atoms in total. The van der Waals surface area contributed by atoms with Crippen LogP contribution in [0.15, 0.2) is 65.8 Å². The van der Waals surface area contributed by atoms with E-state index in [9.17, 15) is 9.59 Å². The molecular weight excluding hydrogens is 394 g/mol. The molecule has 0 N–H and O–H groups in total. The summed E-state index contributed by atoms with van der Waals surface area (Å²) in [6.07, 6.45) is 11.4. The highest BCUT2D eigenvalue weighted by Crippen LogP contribution is 2.64. The molecule has 9 rings (SSSR count). The molecule has 5 saturated carbocycles. The Morgan fingerprint density at radius 2 is 1.25 bits per heavy atom. The number of allylic oxidation sites excluding steroid dienone is 4. The van der Waals surface area contributed by atoms with Crippen molar-refractivity contribution in [3.8, 4) is 0 Å².